The van der Waals surface area contributed by atoms with E-state index in [1.165, 1.54) is 6.92 Å². The molecule has 0 radical (unpaired) electrons. The molecule has 2 aromatic carbocycles. The summed E-state index contributed by atoms with van der Waals surface area (Å²) in [5.41, 5.74) is 5.47. The second kappa shape index (κ2) is 6.78. The molecule has 1 unspecified atom stereocenters. The molecule has 3 aromatic rings. The first kappa shape index (κ1) is 17.7. The highest BCUT2D eigenvalue weighted by Crippen LogP contribution is 2.33. The Morgan fingerprint density at radius 1 is 1.18 bits per heavy atom. The van der Waals surface area contributed by atoms with Crippen molar-refractivity contribution in [3.8, 4) is 11.8 Å². The first-order chi connectivity index (χ1) is 13.5. The van der Waals surface area contributed by atoms with Crippen molar-refractivity contribution in [2.45, 2.75) is 27.0 Å². The molecule has 0 fully saturated rings. The zero-order valence-electron chi connectivity index (χ0n) is 15.8. The number of benzene rings is 2. The van der Waals surface area contributed by atoms with Crippen molar-refractivity contribution >= 4 is 11.7 Å². The average molecular weight is 370 g/mol. The number of carbonyl (C=O) groups is 1. The molecule has 6 nitrogen and oxygen atoms in total. The molecule has 0 bridgehead atoms. The molecule has 1 atom stereocenters. The van der Waals surface area contributed by atoms with Crippen molar-refractivity contribution < 1.29 is 9.53 Å². The second-order valence-corrected chi connectivity index (χ2v) is 6.63. The highest BCUT2D eigenvalue weighted by atomic mass is 16.6. The fourth-order valence-electron chi connectivity index (χ4n) is 3.40. The van der Waals surface area contributed by atoms with Crippen LogP contribution in [0, 0.1) is 25.2 Å². The lowest BCUT2D eigenvalue weighted by molar-refractivity contribution is -0.146. The van der Waals surface area contributed by atoms with Gasteiger partial charge in [-0.1, -0.05) is 30.3 Å². The fourth-order valence-corrected chi connectivity index (χ4v) is 3.40. The van der Waals surface area contributed by atoms with Gasteiger partial charge in [-0.2, -0.15) is 5.26 Å². The number of carbonyl (C=O) groups excluding carboxylic acids is 1. The molecular weight excluding hydrogens is 352 g/mol. The summed E-state index contributed by atoms with van der Waals surface area (Å²) in [6, 6.07) is 17.3. The topological polar surface area (TPSA) is 80.3 Å². The third kappa shape index (κ3) is 2.87. The summed E-state index contributed by atoms with van der Waals surface area (Å²) in [5.74, 6) is 0.108. The van der Waals surface area contributed by atoms with Crippen LogP contribution in [0.4, 0.5) is 0 Å². The van der Waals surface area contributed by atoms with E-state index in [1.807, 2.05) is 60.9 Å². The minimum Gasteiger partial charge on any atom is -0.432 e. The van der Waals surface area contributed by atoms with Gasteiger partial charge in [-0.3, -0.25) is 9.36 Å². The van der Waals surface area contributed by atoms with Gasteiger partial charge in [0.05, 0.1) is 28.7 Å². The lowest BCUT2D eigenvalue weighted by atomic mass is 9.98. The molecule has 28 heavy (non-hydrogen) atoms. The maximum absolute atomic E-state index is 11.8. The number of nitrogens with zero attached hydrogens (tertiary/aromatic N) is 4. The average Bonchev–Trinajstić information content (AvgIpc) is 2.92. The number of hydrogen-bond donors (Lipinski definition) is 0. The summed E-state index contributed by atoms with van der Waals surface area (Å²) in [6.07, 6.45) is -0.877. The number of hydrogen-bond acceptors (Lipinski definition) is 5. The van der Waals surface area contributed by atoms with E-state index >= 15 is 0 Å². The third-order valence-electron chi connectivity index (χ3n) is 4.78. The monoisotopic (exact) mass is 370 g/mol. The van der Waals surface area contributed by atoms with E-state index in [0.717, 1.165) is 28.2 Å². The quantitative estimate of drug-likeness (QED) is 0.643. The van der Waals surface area contributed by atoms with Gasteiger partial charge in [-0.25, -0.2) is 9.98 Å². The van der Waals surface area contributed by atoms with E-state index in [-0.39, 0.29) is 0 Å². The van der Waals surface area contributed by atoms with Gasteiger partial charge in [-0.15, -0.1) is 0 Å². The minimum absolute atomic E-state index is 0.435. The number of ether oxygens (including phenoxy) is 1. The third-order valence-corrected chi connectivity index (χ3v) is 4.78. The largest absolute Gasteiger partial charge is 0.432 e. The van der Waals surface area contributed by atoms with Gasteiger partial charge >= 0.3 is 5.97 Å². The van der Waals surface area contributed by atoms with Gasteiger partial charge in [0, 0.05) is 23.7 Å². The Morgan fingerprint density at radius 2 is 1.93 bits per heavy atom. The molecule has 0 saturated heterocycles. The summed E-state index contributed by atoms with van der Waals surface area (Å²) < 4.78 is 7.49. The smallest absolute Gasteiger partial charge is 0.304 e. The Bertz CT molecular complexity index is 1150. The Kier molecular flexibility index (Phi) is 4.28. The Balaban J connectivity index is 2.07. The molecule has 1 aliphatic heterocycles. The number of aryl methyl sites for hydroxylation is 1. The SMILES string of the molecule is CC(=O)OC1N=C(c2ccccc2)c2cc(C#N)ccc2-n2c1nc(C)c2C. The van der Waals surface area contributed by atoms with Crippen molar-refractivity contribution in [3.63, 3.8) is 0 Å². The van der Waals surface area contributed by atoms with Gasteiger partial charge in [0.25, 0.3) is 6.23 Å². The van der Waals surface area contributed by atoms with E-state index in [4.69, 9.17) is 9.73 Å². The summed E-state index contributed by atoms with van der Waals surface area (Å²) in [5, 5.41) is 9.41. The standard InChI is InChI=1S/C22H18N4O2/c1-13-14(2)26-19-10-9-16(12-23)11-18(19)20(17-7-5-4-6-8-17)25-22(21(26)24-13)28-15(3)27/h4-11,22H,1-3H3. The maximum atomic E-state index is 11.8. The first-order valence-electron chi connectivity index (χ1n) is 8.90. The summed E-state index contributed by atoms with van der Waals surface area (Å²) in [6.45, 7) is 5.23. The van der Waals surface area contributed by atoms with E-state index in [2.05, 4.69) is 11.1 Å². The van der Waals surface area contributed by atoms with Crippen LogP contribution in [0.3, 0.4) is 0 Å². The number of nitriles is 1. The molecule has 2 heterocycles. The van der Waals surface area contributed by atoms with Gasteiger partial charge in [0.2, 0.25) is 0 Å². The van der Waals surface area contributed by atoms with Gasteiger partial charge in [0.1, 0.15) is 0 Å². The van der Waals surface area contributed by atoms with Crippen LogP contribution in [0.25, 0.3) is 5.69 Å². The van der Waals surface area contributed by atoms with Crippen LogP contribution in [-0.4, -0.2) is 21.2 Å². The van der Waals surface area contributed by atoms with Crippen molar-refractivity contribution in [1.82, 2.24) is 9.55 Å². The van der Waals surface area contributed by atoms with Crippen molar-refractivity contribution in [2.75, 3.05) is 0 Å². The van der Waals surface area contributed by atoms with E-state index in [9.17, 15) is 10.1 Å². The van der Waals surface area contributed by atoms with Crippen LogP contribution in [0.15, 0.2) is 53.5 Å². The molecule has 0 spiro atoms. The molecule has 138 valence electrons. The van der Waals surface area contributed by atoms with Crippen LogP contribution >= 0.6 is 0 Å². The second-order valence-electron chi connectivity index (χ2n) is 6.63. The number of aromatic nitrogens is 2. The molecule has 0 N–H and O–H groups in total. The van der Waals surface area contributed by atoms with E-state index in [1.54, 1.807) is 6.07 Å². The molecule has 4 rings (SSSR count). The van der Waals surface area contributed by atoms with Crippen molar-refractivity contribution in [3.05, 3.63) is 82.4 Å². The molecule has 0 saturated carbocycles. The van der Waals surface area contributed by atoms with Crippen molar-refractivity contribution in [1.29, 1.82) is 5.26 Å². The Labute approximate surface area is 162 Å². The lowest BCUT2D eigenvalue weighted by Crippen LogP contribution is -2.12. The van der Waals surface area contributed by atoms with E-state index in [0.29, 0.717) is 17.1 Å². The van der Waals surface area contributed by atoms with Crippen LogP contribution in [0.2, 0.25) is 0 Å². The highest BCUT2D eigenvalue weighted by molar-refractivity contribution is 6.15. The highest BCUT2D eigenvalue weighted by Gasteiger charge is 2.30. The summed E-state index contributed by atoms with van der Waals surface area (Å²) in [7, 11) is 0. The predicted molar refractivity (Wildman–Crippen MR) is 104 cm³/mol. The lowest BCUT2D eigenvalue weighted by Gasteiger charge is -2.14. The molecule has 0 amide bonds. The van der Waals surface area contributed by atoms with Gasteiger partial charge < -0.3 is 4.74 Å². The normalized spacial score (nSPS) is 14.9. The number of imidazole rings is 1. The van der Waals surface area contributed by atoms with Gasteiger partial charge in [0.15, 0.2) is 5.82 Å². The van der Waals surface area contributed by atoms with E-state index < -0.39 is 12.2 Å². The number of esters is 1. The van der Waals surface area contributed by atoms with Crippen molar-refractivity contribution in [2.24, 2.45) is 4.99 Å². The Hall–Kier alpha value is -3.72. The van der Waals surface area contributed by atoms with Crippen LogP contribution in [0.1, 0.15) is 47.1 Å². The minimum atomic E-state index is -0.877. The van der Waals surface area contributed by atoms with Crippen LogP contribution in [0.5, 0.6) is 0 Å². The summed E-state index contributed by atoms with van der Waals surface area (Å²) in [4.78, 5) is 21.2. The molecule has 6 heteroatoms. The zero-order valence-corrected chi connectivity index (χ0v) is 15.8. The summed E-state index contributed by atoms with van der Waals surface area (Å²) >= 11 is 0. The Morgan fingerprint density at radius 3 is 2.61 bits per heavy atom. The number of aliphatic imine (C=N–C) groups is 1. The number of rotatable bonds is 2. The van der Waals surface area contributed by atoms with Gasteiger partial charge in [-0.05, 0) is 32.0 Å². The number of fused-ring (bicyclic) bond motifs is 3. The molecular formula is C22H18N4O2. The molecule has 0 aliphatic carbocycles. The van der Waals surface area contributed by atoms with Crippen LogP contribution < -0.4 is 0 Å². The molecule has 1 aliphatic rings. The molecule has 1 aromatic heterocycles. The zero-order chi connectivity index (χ0) is 19.8. The first-order valence-corrected chi connectivity index (χ1v) is 8.90. The predicted octanol–water partition coefficient (Wildman–Crippen LogP) is 3.77. The fraction of sp³-hybridized carbons (Fsp3) is 0.182. The van der Waals surface area contributed by atoms with Crippen LogP contribution in [-0.2, 0) is 9.53 Å². The maximum Gasteiger partial charge on any atom is 0.304 e.